The van der Waals surface area contributed by atoms with Gasteiger partial charge in [0, 0.05) is 13.7 Å². The van der Waals surface area contributed by atoms with Crippen molar-refractivity contribution >= 4 is 40.2 Å². The van der Waals surface area contributed by atoms with Gasteiger partial charge in [-0.2, -0.15) is 9.97 Å². The second kappa shape index (κ2) is 5.11. The van der Waals surface area contributed by atoms with Gasteiger partial charge >= 0.3 is 0 Å². The Morgan fingerprint density at radius 2 is 2.11 bits per heavy atom. The number of hydrogen-bond donors (Lipinski definition) is 1. The van der Waals surface area contributed by atoms with Crippen molar-refractivity contribution in [3.63, 3.8) is 0 Å². The highest BCUT2D eigenvalue weighted by Gasteiger charge is 2.24. The second-order valence-electron chi connectivity index (χ2n) is 4.34. The molecule has 1 atom stereocenters. The van der Waals surface area contributed by atoms with E-state index in [-0.39, 0.29) is 11.5 Å². The van der Waals surface area contributed by atoms with Gasteiger partial charge in [0.1, 0.15) is 6.23 Å². The number of imidazole rings is 1. The number of hydrogen-bond acceptors (Lipinski definition) is 5. The molecule has 1 fully saturated rings. The first-order valence-corrected chi connectivity index (χ1v) is 6.86. The molecule has 0 spiro atoms. The zero-order chi connectivity index (χ0) is 13.4. The third-order valence-electron chi connectivity index (χ3n) is 3.15. The molecule has 1 saturated heterocycles. The Morgan fingerprint density at radius 1 is 1.26 bits per heavy atom. The Morgan fingerprint density at radius 3 is 2.79 bits per heavy atom. The molecule has 6 nitrogen and oxygen atoms in total. The predicted octanol–water partition coefficient (Wildman–Crippen LogP) is 2.87. The quantitative estimate of drug-likeness (QED) is 0.682. The summed E-state index contributed by atoms with van der Waals surface area (Å²) >= 11 is 12.2. The molecule has 0 aromatic carbocycles. The summed E-state index contributed by atoms with van der Waals surface area (Å²) in [5.41, 5.74) is 1.20. The number of nitrogens with zero attached hydrogens (tertiary/aromatic N) is 4. The maximum Gasteiger partial charge on any atom is 0.226 e. The average Bonchev–Trinajstić information content (AvgIpc) is 2.75. The van der Waals surface area contributed by atoms with E-state index in [4.69, 9.17) is 27.9 Å². The summed E-state index contributed by atoms with van der Waals surface area (Å²) < 4.78 is 7.52. The van der Waals surface area contributed by atoms with Crippen molar-refractivity contribution in [3.8, 4) is 0 Å². The van der Waals surface area contributed by atoms with Crippen LogP contribution in [-0.2, 0) is 4.74 Å². The first-order chi connectivity index (χ1) is 9.20. The molecule has 102 valence electrons. The number of anilines is 1. The SMILES string of the molecule is CNc1nc(Cl)nc2c1nc(Cl)n2C1CCCCO1. The normalized spacial score (nSPS) is 19.8. The van der Waals surface area contributed by atoms with Crippen molar-refractivity contribution in [2.45, 2.75) is 25.5 Å². The lowest BCUT2D eigenvalue weighted by Gasteiger charge is -2.24. The van der Waals surface area contributed by atoms with Gasteiger partial charge in [0.2, 0.25) is 10.6 Å². The highest BCUT2D eigenvalue weighted by atomic mass is 35.5. The Bertz CT molecular complexity index is 609. The number of rotatable bonds is 2. The number of aromatic nitrogens is 4. The molecule has 0 saturated carbocycles. The third-order valence-corrected chi connectivity index (χ3v) is 3.59. The summed E-state index contributed by atoms with van der Waals surface area (Å²) in [5.74, 6) is 0.562. The molecule has 1 N–H and O–H groups in total. The van der Waals surface area contributed by atoms with E-state index >= 15 is 0 Å². The van der Waals surface area contributed by atoms with Crippen LogP contribution in [0.2, 0.25) is 10.6 Å². The van der Waals surface area contributed by atoms with Crippen LogP contribution in [0.1, 0.15) is 25.5 Å². The molecule has 0 amide bonds. The maximum absolute atomic E-state index is 6.22. The molecule has 2 aromatic rings. The summed E-state index contributed by atoms with van der Waals surface area (Å²) in [6.07, 6.45) is 2.92. The van der Waals surface area contributed by atoms with Crippen LogP contribution in [-0.4, -0.2) is 33.2 Å². The second-order valence-corrected chi connectivity index (χ2v) is 5.01. The molecule has 19 heavy (non-hydrogen) atoms. The largest absolute Gasteiger partial charge is 0.371 e. The van der Waals surface area contributed by atoms with E-state index < -0.39 is 0 Å². The van der Waals surface area contributed by atoms with E-state index in [1.54, 1.807) is 11.6 Å². The summed E-state index contributed by atoms with van der Waals surface area (Å²) in [7, 11) is 1.75. The highest BCUT2D eigenvalue weighted by molar-refractivity contribution is 6.30. The lowest BCUT2D eigenvalue weighted by Crippen LogP contribution is -2.18. The van der Waals surface area contributed by atoms with E-state index in [9.17, 15) is 0 Å². The molecule has 0 radical (unpaired) electrons. The maximum atomic E-state index is 6.22. The van der Waals surface area contributed by atoms with Crippen LogP contribution < -0.4 is 5.32 Å². The first kappa shape index (κ1) is 12.9. The number of ether oxygens (including phenoxy) is 1. The van der Waals surface area contributed by atoms with Crippen LogP contribution >= 0.6 is 23.2 Å². The van der Waals surface area contributed by atoms with Crippen molar-refractivity contribution in [3.05, 3.63) is 10.6 Å². The van der Waals surface area contributed by atoms with Gasteiger partial charge in [0.15, 0.2) is 17.0 Å². The van der Waals surface area contributed by atoms with E-state index in [0.717, 1.165) is 25.9 Å². The third kappa shape index (κ3) is 2.24. The molecule has 3 rings (SSSR count). The predicted molar refractivity (Wildman–Crippen MR) is 73.7 cm³/mol. The lowest BCUT2D eigenvalue weighted by atomic mass is 10.2. The minimum Gasteiger partial charge on any atom is -0.371 e. The molecule has 2 aromatic heterocycles. The van der Waals surface area contributed by atoms with E-state index in [0.29, 0.717) is 22.3 Å². The summed E-state index contributed by atoms with van der Waals surface area (Å²) in [6.45, 7) is 0.721. The molecule has 0 aliphatic carbocycles. The monoisotopic (exact) mass is 301 g/mol. The molecule has 1 unspecified atom stereocenters. The summed E-state index contributed by atoms with van der Waals surface area (Å²) in [5, 5.41) is 3.44. The van der Waals surface area contributed by atoms with Gasteiger partial charge in [-0.05, 0) is 42.5 Å². The van der Waals surface area contributed by atoms with E-state index in [1.807, 2.05) is 0 Å². The van der Waals surface area contributed by atoms with Gasteiger partial charge in [-0.25, -0.2) is 4.98 Å². The van der Waals surface area contributed by atoms with Crippen LogP contribution in [0, 0.1) is 0 Å². The fourth-order valence-corrected chi connectivity index (χ4v) is 2.72. The van der Waals surface area contributed by atoms with Crippen molar-refractivity contribution in [2.24, 2.45) is 0 Å². The molecular weight excluding hydrogens is 289 g/mol. The molecular formula is C11H13Cl2N5O. The zero-order valence-electron chi connectivity index (χ0n) is 10.4. The first-order valence-electron chi connectivity index (χ1n) is 6.11. The van der Waals surface area contributed by atoms with Crippen LogP contribution in [0.25, 0.3) is 11.2 Å². The average molecular weight is 302 g/mol. The van der Waals surface area contributed by atoms with Crippen molar-refractivity contribution in [2.75, 3.05) is 19.0 Å². The zero-order valence-corrected chi connectivity index (χ0v) is 11.9. The van der Waals surface area contributed by atoms with Crippen LogP contribution in [0.4, 0.5) is 5.82 Å². The Kier molecular flexibility index (Phi) is 3.47. The van der Waals surface area contributed by atoms with Gasteiger partial charge in [-0.3, -0.25) is 4.57 Å². The fourth-order valence-electron chi connectivity index (χ4n) is 2.28. The highest BCUT2D eigenvalue weighted by Crippen LogP contribution is 2.32. The molecule has 8 heteroatoms. The molecule has 0 bridgehead atoms. The number of nitrogens with one attached hydrogen (secondary N) is 1. The Labute approximate surface area is 120 Å². The van der Waals surface area contributed by atoms with Gasteiger partial charge in [-0.15, -0.1) is 0 Å². The number of halogens is 2. The van der Waals surface area contributed by atoms with Crippen LogP contribution in [0.15, 0.2) is 0 Å². The minimum atomic E-state index is -0.137. The fraction of sp³-hybridized carbons (Fsp3) is 0.545. The Balaban J connectivity index is 2.18. The molecule has 3 heterocycles. The lowest BCUT2D eigenvalue weighted by molar-refractivity contribution is -0.0296. The van der Waals surface area contributed by atoms with Crippen molar-refractivity contribution in [1.82, 2.24) is 19.5 Å². The van der Waals surface area contributed by atoms with Gasteiger partial charge in [0.25, 0.3) is 0 Å². The van der Waals surface area contributed by atoms with Gasteiger partial charge in [-0.1, -0.05) is 0 Å². The van der Waals surface area contributed by atoms with Gasteiger partial charge < -0.3 is 10.1 Å². The Hall–Kier alpha value is -1.11. The summed E-state index contributed by atoms with van der Waals surface area (Å²) in [6, 6.07) is 0. The standard InChI is InChI=1S/C11H13Cl2N5O/c1-14-8-7-9(17-10(12)16-8)18(11(13)15-7)6-4-2-3-5-19-6/h6H,2-5H2,1H3,(H,14,16,17). The van der Waals surface area contributed by atoms with E-state index in [2.05, 4.69) is 20.3 Å². The minimum absolute atomic E-state index is 0.137. The van der Waals surface area contributed by atoms with Gasteiger partial charge in [0.05, 0.1) is 0 Å². The van der Waals surface area contributed by atoms with Crippen LogP contribution in [0.5, 0.6) is 0 Å². The topological polar surface area (TPSA) is 64.9 Å². The van der Waals surface area contributed by atoms with Crippen molar-refractivity contribution in [1.29, 1.82) is 0 Å². The summed E-state index contributed by atoms with van der Waals surface area (Å²) in [4.78, 5) is 12.6. The molecule has 1 aliphatic heterocycles. The smallest absolute Gasteiger partial charge is 0.226 e. The van der Waals surface area contributed by atoms with Crippen molar-refractivity contribution < 1.29 is 4.74 Å². The molecule has 1 aliphatic rings. The number of fused-ring (bicyclic) bond motifs is 1. The van der Waals surface area contributed by atoms with E-state index in [1.165, 1.54) is 0 Å². The van der Waals surface area contributed by atoms with Crippen LogP contribution in [0.3, 0.4) is 0 Å².